The highest BCUT2D eigenvalue weighted by atomic mass is 19.1. The average molecular weight is 289 g/mol. The van der Waals surface area contributed by atoms with Crippen LogP contribution in [0.1, 0.15) is 12.0 Å². The van der Waals surface area contributed by atoms with Gasteiger partial charge >= 0.3 is 5.97 Å². The number of fused-ring (bicyclic) bond motifs is 2. The molecule has 0 unspecified atom stereocenters. The number of nitrogens with one attached hydrogen (secondary N) is 1. The van der Waals surface area contributed by atoms with E-state index in [0.29, 0.717) is 17.7 Å². The van der Waals surface area contributed by atoms with Gasteiger partial charge in [0.25, 0.3) is 0 Å². The van der Waals surface area contributed by atoms with E-state index in [1.165, 1.54) is 6.07 Å². The van der Waals surface area contributed by atoms with E-state index in [1.54, 1.807) is 19.1 Å². The minimum absolute atomic E-state index is 0.0357. The zero-order valence-corrected chi connectivity index (χ0v) is 11.5. The van der Waals surface area contributed by atoms with E-state index in [2.05, 4.69) is 5.32 Å². The Morgan fingerprint density at radius 3 is 2.52 bits per heavy atom. The molecule has 0 aromatic heterocycles. The van der Waals surface area contributed by atoms with E-state index >= 15 is 0 Å². The fourth-order valence-corrected chi connectivity index (χ4v) is 3.41. The molecule has 0 radical (unpaired) electrons. The lowest BCUT2D eigenvalue weighted by atomic mass is 9.82. The second-order valence-electron chi connectivity index (χ2n) is 5.79. The van der Waals surface area contributed by atoms with Gasteiger partial charge in [0.2, 0.25) is 5.91 Å². The molecular weight excluding hydrogens is 273 g/mol. The molecule has 1 amide bonds. The van der Waals surface area contributed by atoms with Crippen LogP contribution in [-0.4, -0.2) is 17.0 Å². The van der Waals surface area contributed by atoms with Crippen molar-refractivity contribution in [3.05, 3.63) is 41.7 Å². The summed E-state index contributed by atoms with van der Waals surface area (Å²) in [5.74, 6) is -3.05. The number of aliphatic carboxylic acids is 1. The van der Waals surface area contributed by atoms with Crippen LogP contribution >= 0.6 is 0 Å². The standard InChI is InChI=1S/C16H16FNO3/c1-8-2-5-11(7-12(8)17)18-15(19)13-9-3-4-10(6-9)14(13)16(20)21/h2-5,7,9-10,13-14H,6H2,1H3,(H,18,19)(H,20,21)/t9-,10+,13+,14+/m1/s1. The van der Waals surface area contributed by atoms with Gasteiger partial charge < -0.3 is 10.4 Å². The Morgan fingerprint density at radius 1 is 1.24 bits per heavy atom. The number of allylic oxidation sites excluding steroid dienone is 2. The van der Waals surface area contributed by atoms with Gasteiger partial charge in [0, 0.05) is 5.69 Å². The molecule has 2 N–H and O–H groups in total. The fraction of sp³-hybridized carbons (Fsp3) is 0.375. The molecule has 0 heterocycles. The maximum atomic E-state index is 13.5. The highest BCUT2D eigenvalue weighted by molar-refractivity contribution is 5.96. The molecule has 5 heteroatoms. The summed E-state index contributed by atoms with van der Waals surface area (Å²) in [5, 5.41) is 12.0. The molecule has 1 saturated carbocycles. The van der Waals surface area contributed by atoms with Crippen molar-refractivity contribution in [3.8, 4) is 0 Å². The summed E-state index contributed by atoms with van der Waals surface area (Å²) >= 11 is 0. The van der Waals surface area contributed by atoms with Crippen LogP contribution in [0.2, 0.25) is 0 Å². The van der Waals surface area contributed by atoms with Gasteiger partial charge in [0.1, 0.15) is 5.82 Å². The second-order valence-corrected chi connectivity index (χ2v) is 5.79. The van der Waals surface area contributed by atoms with Gasteiger partial charge in [-0.05, 0) is 42.9 Å². The molecule has 1 aromatic carbocycles. The Hall–Kier alpha value is -2.17. The molecular formula is C16H16FNO3. The van der Waals surface area contributed by atoms with Crippen LogP contribution in [0, 0.1) is 36.4 Å². The third kappa shape index (κ3) is 2.33. The summed E-state index contributed by atoms with van der Waals surface area (Å²) in [4.78, 5) is 23.8. The molecule has 4 atom stereocenters. The molecule has 110 valence electrons. The maximum Gasteiger partial charge on any atom is 0.307 e. The molecule has 2 aliphatic rings. The van der Waals surface area contributed by atoms with E-state index in [9.17, 15) is 19.1 Å². The summed E-state index contributed by atoms with van der Waals surface area (Å²) < 4.78 is 13.5. The number of aryl methyl sites for hydroxylation is 1. The number of carboxylic acid groups (broad SMARTS) is 1. The summed E-state index contributed by atoms with van der Waals surface area (Å²) in [6.45, 7) is 1.64. The van der Waals surface area contributed by atoms with Crippen molar-refractivity contribution in [2.75, 3.05) is 5.32 Å². The number of rotatable bonds is 3. The Morgan fingerprint density at radius 2 is 1.90 bits per heavy atom. The van der Waals surface area contributed by atoms with E-state index in [1.807, 2.05) is 12.2 Å². The smallest absolute Gasteiger partial charge is 0.307 e. The SMILES string of the molecule is Cc1ccc(NC(=O)[C@@H]2[C@@H](C(=O)O)[C@H]3C=C[C@@H]2C3)cc1F. The number of carbonyl (C=O) groups excluding carboxylic acids is 1. The Labute approximate surface area is 121 Å². The minimum atomic E-state index is -0.943. The van der Waals surface area contributed by atoms with Crippen LogP contribution in [0.15, 0.2) is 30.4 Å². The van der Waals surface area contributed by atoms with Crippen LogP contribution in [0.3, 0.4) is 0 Å². The van der Waals surface area contributed by atoms with Gasteiger partial charge in [-0.1, -0.05) is 18.2 Å². The summed E-state index contributed by atoms with van der Waals surface area (Å²) in [6.07, 6.45) is 4.51. The van der Waals surface area contributed by atoms with Crippen LogP contribution in [0.5, 0.6) is 0 Å². The molecule has 3 rings (SSSR count). The van der Waals surface area contributed by atoms with Gasteiger partial charge in [-0.25, -0.2) is 4.39 Å². The number of carboxylic acids is 1. The first-order valence-corrected chi connectivity index (χ1v) is 6.95. The van der Waals surface area contributed by atoms with Crippen molar-refractivity contribution in [3.63, 3.8) is 0 Å². The number of halogens is 1. The zero-order chi connectivity index (χ0) is 15.1. The van der Waals surface area contributed by atoms with Crippen LogP contribution < -0.4 is 5.32 Å². The lowest BCUT2D eigenvalue weighted by Crippen LogP contribution is -2.36. The highest BCUT2D eigenvalue weighted by Gasteiger charge is 2.51. The lowest BCUT2D eigenvalue weighted by molar-refractivity contribution is -0.146. The normalized spacial score (nSPS) is 29.6. The van der Waals surface area contributed by atoms with E-state index in [0.717, 1.165) is 0 Å². The predicted octanol–water partition coefficient (Wildman–Crippen LogP) is 2.60. The van der Waals surface area contributed by atoms with Gasteiger partial charge in [-0.15, -0.1) is 0 Å². The molecule has 21 heavy (non-hydrogen) atoms. The van der Waals surface area contributed by atoms with Crippen molar-refractivity contribution in [1.82, 2.24) is 0 Å². The first kappa shape index (κ1) is 13.8. The number of benzene rings is 1. The molecule has 1 fully saturated rings. The fourth-order valence-electron chi connectivity index (χ4n) is 3.41. The van der Waals surface area contributed by atoms with Crippen LogP contribution in [0.25, 0.3) is 0 Å². The second kappa shape index (κ2) is 4.98. The summed E-state index contributed by atoms with van der Waals surface area (Å²) in [6, 6.07) is 4.46. The van der Waals surface area contributed by atoms with Crippen molar-refractivity contribution in [1.29, 1.82) is 0 Å². The molecule has 0 aliphatic heterocycles. The summed E-state index contributed by atoms with van der Waals surface area (Å²) in [7, 11) is 0. The molecule has 4 nitrogen and oxygen atoms in total. The number of anilines is 1. The van der Waals surface area contributed by atoms with Gasteiger partial charge in [0.05, 0.1) is 11.8 Å². The third-order valence-corrected chi connectivity index (χ3v) is 4.49. The quantitative estimate of drug-likeness (QED) is 0.841. The van der Waals surface area contributed by atoms with Gasteiger partial charge in [-0.3, -0.25) is 9.59 Å². The van der Waals surface area contributed by atoms with Crippen molar-refractivity contribution in [2.24, 2.45) is 23.7 Å². The molecule has 1 aromatic rings. The third-order valence-electron chi connectivity index (χ3n) is 4.49. The van der Waals surface area contributed by atoms with Crippen molar-refractivity contribution in [2.45, 2.75) is 13.3 Å². The highest BCUT2D eigenvalue weighted by Crippen LogP contribution is 2.48. The monoisotopic (exact) mass is 289 g/mol. The number of carbonyl (C=O) groups is 2. The van der Waals surface area contributed by atoms with Crippen molar-refractivity contribution >= 4 is 17.6 Å². The van der Waals surface area contributed by atoms with Gasteiger partial charge in [0.15, 0.2) is 0 Å². The molecule has 0 spiro atoms. The number of hydrogen-bond acceptors (Lipinski definition) is 2. The molecule has 2 bridgehead atoms. The topological polar surface area (TPSA) is 66.4 Å². The predicted molar refractivity (Wildman–Crippen MR) is 75.1 cm³/mol. The first-order chi connectivity index (χ1) is 9.97. The van der Waals surface area contributed by atoms with E-state index < -0.39 is 23.6 Å². The Balaban J connectivity index is 1.80. The minimum Gasteiger partial charge on any atom is -0.481 e. The van der Waals surface area contributed by atoms with Crippen LogP contribution in [-0.2, 0) is 9.59 Å². The van der Waals surface area contributed by atoms with Gasteiger partial charge in [-0.2, -0.15) is 0 Å². The first-order valence-electron chi connectivity index (χ1n) is 6.95. The number of hydrogen-bond donors (Lipinski definition) is 2. The van der Waals surface area contributed by atoms with Crippen molar-refractivity contribution < 1.29 is 19.1 Å². The summed E-state index contributed by atoms with van der Waals surface area (Å²) in [5.41, 5.74) is 0.859. The van der Waals surface area contributed by atoms with E-state index in [4.69, 9.17) is 0 Å². The molecule has 2 aliphatic carbocycles. The average Bonchev–Trinajstić information content (AvgIpc) is 3.03. The number of amides is 1. The Bertz CT molecular complexity index is 640. The lowest BCUT2D eigenvalue weighted by Gasteiger charge is -2.23. The maximum absolute atomic E-state index is 13.5. The largest absolute Gasteiger partial charge is 0.481 e. The van der Waals surface area contributed by atoms with Crippen LogP contribution in [0.4, 0.5) is 10.1 Å². The zero-order valence-electron chi connectivity index (χ0n) is 11.5. The Kier molecular flexibility index (Phi) is 3.27. The van der Waals surface area contributed by atoms with E-state index in [-0.39, 0.29) is 17.7 Å². The molecule has 0 saturated heterocycles.